The monoisotopic (exact) mass is 280 g/mol. The highest BCUT2D eigenvalue weighted by atomic mass is 32.1. The molecule has 0 aromatic carbocycles. The van der Waals surface area contributed by atoms with E-state index in [4.69, 9.17) is 0 Å². The largest absolute Gasteiger partial charge is 0.314 e. The van der Waals surface area contributed by atoms with Crippen LogP contribution in [0.15, 0.2) is 0 Å². The first-order valence-corrected chi connectivity index (χ1v) is 8.09. The summed E-state index contributed by atoms with van der Waals surface area (Å²) in [4.78, 5) is 11.3. The van der Waals surface area contributed by atoms with Gasteiger partial charge in [0, 0.05) is 56.2 Å². The number of rotatable bonds is 3. The molecule has 106 valence electrons. The second-order valence-electron chi connectivity index (χ2n) is 5.74. The second-order valence-corrected chi connectivity index (χ2v) is 6.98. The number of thiazole rings is 1. The zero-order valence-corrected chi connectivity index (χ0v) is 13.0. The fraction of sp³-hybridized carbons (Fsp3) is 0.786. The average molecular weight is 280 g/mol. The highest BCUT2D eigenvalue weighted by Crippen LogP contribution is 2.29. The van der Waals surface area contributed by atoms with Crippen molar-refractivity contribution in [3.63, 3.8) is 0 Å². The fourth-order valence-corrected chi connectivity index (χ4v) is 4.14. The molecule has 0 radical (unpaired) electrons. The topological polar surface area (TPSA) is 31.4 Å². The average Bonchev–Trinajstić information content (AvgIpc) is 2.66. The van der Waals surface area contributed by atoms with E-state index >= 15 is 0 Å². The number of nitrogens with zero attached hydrogens (tertiary/aromatic N) is 3. The molecule has 2 fully saturated rings. The number of nitrogens with one attached hydrogen (secondary N) is 1. The molecule has 19 heavy (non-hydrogen) atoms. The molecule has 2 aliphatic heterocycles. The van der Waals surface area contributed by atoms with Crippen molar-refractivity contribution in [1.29, 1.82) is 0 Å². The first-order valence-electron chi connectivity index (χ1n) is 7.28. The third-order valence-corrected chi connectivity index (χ3v) is 5.73. The third-order valence-electron chi connectivity index (χ3n) is 4.49. The van der Waals surface area contributed by atoms with Gasteiger partial charge in [-0.25, -0.2) is 4.98 Å². The zero-order chi connectivity index (χ0) is 13.4. The predicted octanol–water partition coefficient (Wildman–Crippen LogP) is 1.41. The van der Waals surface area contributed by atoms with Gasteiger partial charge < -0.3 is 5.32 Å². The van der Waals surface area contributed by atoms with Gasteiger partial charge in [-0.1, -0.05) is 0 Å². The Hall–Kier alpha value is -0.490. The van der Waals surface area contributed by atoms with Crippen LogP contribution in [0.3, 0.4) is 0 Å². The van der Waals surface area contributed by atoms with Gasteiger partial charge in [0.2, 0.25) is 0 Å². The van der Waals surface area contributed by atoms with E-state index in [9.17, 15) is 0 Å². The molecule has 1 N–H and O–H groups in total. The lowest BCUT2D eigenvalue weighted by atomic mass is 10.1. The van der Waals surface area contributed by atoms with E-state index in [1.165, 1.54) is 54.8 Å². The van der Waals surface area contributed by atoms with Crippen LogP contribution in [-0.2, 0) is 0 Å². The lowest BCUT2D eigenvalue weighted by molar-refractivity contribution is 0.0558. The summed E-state index contributed by atoms with van der Waals surface area (Å²) < 4.78 is 0. The lowest BCUT2D eigenvalue weighted by Gasteiger charge is -2.44. The molecule has 0 amide bonds. The maximum Gasteiger partial charge on any atom is 0.0900 e. The van der Waals surface area contributed by atoms with Crippen LogP contribution < -0.4 is 5.32 Å². The molecular weight excluding hydrogens is 256 g/mol. The van der Waals surface area contributed by atoms with E-state index < -0.39 is 0 Å². The Morgan fingerprint density at radius 1 is 1.21 bits per heavy atom. The fourth-order valence-electron chi connectivity index (χ4n) is 3.12. The second kappa shape index (κ2) is 5.48. The highest BCUT2D eigenvalue weighted by Gasteiger charge is 2.30. The molecule has 1 atom stereocenters. The van der Waals surface area contributed by atoms with Gasteiger partial charge in [-0.15, -0.1) is 11.3 Å². The third kappa shape index (κ3) is 2.70. The summed E-state index contributed by atoms with van der Waals surface area (Å²) in [6.45, 7) is 13.8. The van der Waals surface area contributed by atoms with Crippen molar-refractivity contribution in [3.05, 3.63) is 15.6 Å². The van der Waals surface area contributed by atoms with Crippen LogP contribution in [0.25, 0.3) is 0 Å². The molecule has 2 saturated heterocycles. The van der Waals surface area contributed by atoms with Crippen LogP contribution in [0.5, 0.6) is 0 Å². The van der Waals surface area contributed by atoms with E-state index in [2.05, 4.69) is 40.9 Å². The predicted molar refractivity (Wildman–Crippen MR) is 79.8 cm³/mol. The van der Waals surface area contributed by atoms with Crippen molar-refractivity contribution in [2.24, 2.45) is 0 Å². The van der Waals surface area contributed by atoms with Gasteiger partial charge in [0.25, 0.3) is 0 Å². The van der Waals surface area contributed by atoms with E-state index in [0.717, 1.165) is 6.04 Å². The van der Waals surface area contributed by atoms with E-state index in [1.54, 1.807) is 0 Å². The van der Waals surface area contributed by atoms with Gasteiger partial charge in [0.1, 0.15) is 0 Å². The first kappa shape index (κ1) is 13.5. The maximum absolute atomic E-state index is 4.57. The van der Waals surface area contributed by atoms with Crippen LogP contribution in [0.1, 0.15) is 28.5 Å². The molecule has 2 aliphatic rings. The highest BCUT2D eigenvalue weighted by molar-refractivity contribution is 7.11. The van der Waals surface area contributed by atoms with Crippen molar-refractivity contribution in [3.8, 4) is 0 Å². The molecule has 5 heteroatoms. The van der Waals surface area contributed by atoms with Crippen LogP contribution in [0.2, 0.25) is 0 Å². The molecule has 1 aromatic rings. The number of hydrogen-bond donors (Lipinski definition) is 1. The van der Waals surface area contributed by atoms with Crippen molar-refractivity contribution < 1.29 is 0 Å². The summed E-state index contributed by atoms with van der Waals surface area (Å²) >= 11 is 1.86. The molecule has 0 aliphatic carbocycles. The molecule has 3 rings (SSSR count). The Morgan fingerprint density at radius 3 is 2.37 bits per heavy atom. The number of hydrogen-bond acceptors (Lipinski definition) is 5. The Bertz CT molecular complexity index is 433. The van der Waals surface area contributed by atoms with Crippen LogP contribution >= 0.6 is 11.3 Å². The van der Waals surface area contributed by atoms with Crippen LogP contribution in [0.4, 0.5) is 0 Å². The molecule has 1 aromatic heterocycles. The molecule has 3 heterocycles. The van der Waals surface area contributed by atoms with Crippen molar-refractivity contribution in [2.45, 2.75) is 32.9 Å². The summed E-state index contributed by atoms with van der Waals surface area (Å²) in [5, 5.41) is 4.56. The van der Waals surface area contributed by atoms with Crippen LogP contribution in [0, 0.1) is 13.8 Å². The number of piperazine rings is 1. The van der Waals surface area contributed by atoms with Gasteiger partial charge in [-0.3, -0.25) is 9.80 Å². The van der Waals surface area contributed by atoms with E-state index in [-0.39, 0.29) is 0 Å². The van der Waals surface area contributed by atoms with Gasteiger partial charge in [0.05, 0.1) is 10.7 Å². The maximum atomic E-state index is 4.57. The standard InChI is InChI=1S/C14H24N4S/c1-10-14(19-12(3)16-10)11(2)17-4-6-18(7-5-17)13-8-15-9-13/h11,13,15H,4-9H2,1-3H3. The van der Waals surface area contributed by atoms with Crippen LogP contribution in [-0.4, -0.2) is 60.1 Å². The lowest BCUT2D eigenvalue weighted by Crippen LogP contribution is -2.61. The number of aromatic nitrogens is 1. The Kier molecular flexibility index (Phi) is 3.89. The smallest absolute Gasteiger partial charge is 0.0900 e. The van der Waals surface area contributed by atoms with Gasteiger partial charge >= 0.3 is 0 Å². The van der Waals surface area contributed by atoms with Gasteiger partial charge in [-0.2, -0.15) is 0 Å². The van der Waals surface area contributed by atoms with E-state index in [0.29, 0.717) is 6.04 Å². The molecule has 0 saturated carbocycles. The molecular formula is C14H24N4S. The SMILES string of the molecule is Cc1nc(C)c(C(C)N2CCN(C3CNC3)CC2)s1. The summed E-state index contributed by atoms with van der Waals surface area (Å²) in [6, 6.07) is 1.32. The molecule has 0 bridgehead atoms. The first-order chi connectivity index (χ1) is 9.15. The summed E-state index contributed by atoms with van der Waals surface area (Å²) in [6.07, 6.45) is 0. The van der Waals surface area contributed by atoms with Crippen molar-refractivity contribution in [1.82, 2.24) is 20.1 Å². The molecule has 0 spiro atoms. The quantitative estimate of drug-likeness (QED) is 0.907. The minimum absolute atomic E-state index is 0.521. The minimum atomic E-state index is 0.521. The summed E-state index contributed by atoms with van der Waals surface area (Å²) in [5.74, 6) is 0. The van der Waals surface area contributed by atoms with Crippen molar-refractivity contribution in [2.75, 3.05) is 39.3 Å². The Morgan fingerprint density at radius 2 is 1.89 bits per heavy atom. The molecule has 1 unspecified atom stereocenters. The van der Waals surface area contributed by atoms with E-state index in [1.807, 2.05) is 11.3 Å². The zero-order valence-electron chi connectivity index (χ0n) is 12.1. The Labute approximate surface area is 119 Å². The summed E-state index contributed by atoms with van der Waals surface area (Å²) in [7, 11) is 0. The van der Waals surface area contributed by atoms with Crippen molar-refractivity contribution >= 4 is 11.3 Å². The Balaban J connectivity index is 1.59. The molecule has 4 nitrogen and oxygen atoms in total. The van der Waals surface area contributed by atoms with Gasteiger partial charge in [0.15, 0.2) is 0 Å². The minimum Gasteiger partial charge on any atom is -0.314 e. The van der Waals surface area contributed by atoms with Gasteiger partial charge in [-0.05, 0) is 20.8 Å². The normalized spacial score (nSPS) is 24.4. The summed E-state index contributed by atoms with van der Waals surface area (Å²) in [5.41, 5.74) is 1.22. The number of aryl methyl sites for hydroxylation is 2.